The van der Waals surface area contributed by atoms with Crippen LogP contribution < -0.4 is 10.6 Å². The molecule has 0 aliphatic carbocycles. The number of fused-ring (bicyclic) bond motifs is 1. The number of carbonyl (C=O) groups excluding carboxylic acids is 2. The minimum Gasteiger partial charge on any atom is -0.326 e. The van der Waals surface area contributed by atoms with Crippen molar-refractivity contribution >= 4 is 23.2 Å². The third kappa shape index (κ3) is 3.42. The van der Waals surface area contributed by atoms with Gasteiger partial charge in [-0.1, -0.05) is 17.7 Å². The lowest BCUT2D eigenvalue weighted by Crippen LogP contribution is -2.14. The maximum absolute atomic E-state index is 12.5. The smallest absolute Gasteiger partial charge is 0.255 e. The van der Waals surface area contributed by atoms with Gasteiger partial charge < -0.3 is 10.6 Å². The summed E-state index contributed by atoms with van der Waals surface area (Å²) in [5.41, 5.74) is 5.48. The summed E-state index contributed by atoms with van der Waals surface area (Å²) in [5, 5.41) is 5.84. The Morgan fingerprint density at radius 2 is 1.91 bits per heavy atom. The van der Waals surface area contributed by atoms with Crippen LogP contribution in [0.3, 0.4) is 0 Å². The number of hydrogen-bond acceptors (Lipinski definition) is 2. The topological polar surface area (TPSA) is 58.2 Å². The molecule has 1 aliphatic heterocycles. The summed E-state index contributed by atoms with van der Waals surface area (Å²) in [6, 6.07) is 11.4. The van der Waals surface area contributed by atoms with Crippen molar-refractivity contribution < 1.29 is 9.59 Å². The molecule has 0 fully saturated rings. The fourth-order valence-corrected chi connectivity index (χ4v) is 2.86. The van der Waals surface area contributed by atoms with Gasteiger partial charge >= 0.3 is 0 Å². The Morgan fingerprint density at radius 1 is 1.09 bits per heavy atom. The Labute approximate surface area is 135 Å². The molecule has 0 aromatic heterocycles. The molecule has 0 unspecified atom stereocenters. The van der Waals surface area contributed by atoms with E-state index < -0.39 is 0 Å². The molecule has 2 N–H and O–H groups in total. The van der Waals surface area contributed by atoms with Gasteiger partial charge in [0.1, 0.15) is 0 Å². The second kappa shape index (κ2) is 6.24. The molecule has 1 heterocycles. The monoisotopic (exact) mass is 308 g/mol. The van der Waals surface area contributed by atoms with E-state index in [0.717, 1.165) is 35.3 Å². The molecule has 23 heavy (non-hydrogen) atoms. The van der Waals surface area contributed by atoms with Crippen LogP contribution in [0.15, 0.2) is 36.4 Å². The van der Waals surface area contributed by atoms with Crippen LogP contribution in [0.2, 0.25) is 0 Å². The fourth-order valence-electron chi connectivity index (χ4n) is 2.86. The predicted octanol–water partition coefficient (Wildman–Crippen LogP) is 3.83. The van der Waals surface area contributed by atoms with Gasteiger partial charge in [-0.3, -0.25) is 9.59 Å². The highest BCUT2D eigenvalue weighted by Crippen LogP contribution is 2.24. The number of rotatable bonds is 2. The molecule has 118 valence electrons. The summed E-state index contributed by atoms with van der Waals surface area (Å²) in [6.45, 7) is 4.01. The third-order valence-corrected chi connectivity index (χ3v) is 4.12. The van der Waals surface area contributed by atoms with Gasteiger partial charge in [-0.05, 0) is 62.1 Å². The van der Waals surface area contributed by atoms with Crippen molar-refractivity contribution in [2.75, 3.05) is 10.6 Å². The van der Waals surface area contributed by atoms with Crippen molar-refractivity contribution in [2.45, 2.75) is 33.1 Å². The second-order valence-electron chi connectivity index (χ2n) is 6.05. The second-order valence-corrected chi connectivity index (χ2v) is 6.05. The Kier molecular flexibility index (Phi) is 4.15. The van der Waals surface area contributed by atoms with Gasteiger partial charge in [0.2, 0.25) is 5.91 Å². The molecule has 4 nitrogen and oxygen atoms in total. The first kappa shape index (κ1) is 15.3. The summed E-state index contributed by atoms with van der Waals surface area (Å²) in [5.74, 6) is -0.0911. The molecule has 1 aliphatic rings. The van der Waals surface area contributed by atoms with E-state index in [1.807, 2.05) is 44.2 Å². The van der Waals surface area contributed by atoms with Gasteiger partial charge in [-0.2, -0.15) is 0 Å². The summed E-state index contributed by atoms with van der Waals surface area (Å²) in [4.78, 5) is 24.1. The minimum absolute atomic E-state index is 0.0382. The Morgan fingerprint density at radius 3 is 2.70 bits per heavy atom. The quantitative estimate of drug-likeness (QED) is 0.886. The van der Waals surface area contributed by atoms with Crippen LogP contribution in [0.1, 0.15) is 39.9 Å². The zero-order valence-corrected chi connectivity index (χ0v) is 13.4. The molecule has 2 aromatic carbocycles. The number of amides is 2. The summed E-state index contributed by atoms with van der Waals surface area (Å²) in [7, 11) is 0. The average molecular weight is 308 g/mol. The molecule has 0 saturated carbocycles. The number of aryl methyl sites for hydroxylation is 3. The molecule has 0 spiro atoms. The first-order valence-electron chi connectivity index (χ1n) is 7.84. The van der Waals surface area contributed by atoms with E-state index >= 15 is 0 Å². The van der Waals surface area contributed by atoms with Crippen molar-refractivity contribution in [3.8, 4) is 0 Å². The summed E-state index contributed by atoms with van der Waals surface area (Å²) >= 11 is 0. The lowest BCUT2D eigenvalue weighted by Gasteiger charge is -2.11. The van der Waals surface area contributed by atoms with E-state index in [1.165, 1.54) is 5.56 Å². The zero-order valence-electron chi connectivity index (χ0n) is 13.4. The van der Waals surface area contributed by atoms with Gasteiger partial charge in [0.05, 0.1) is 0 Å². The molecule has 0 atom stereocenters. The third-order valence-electron chi connectivity index (χ3n) is 4.12. The highest BCUT2D eigenvalue weighted by molar-refractivity contribution is 6.05. The molecule has 0 bridgehead atoms. The normalized spacial score (nSPS) is 13.7. The van der Waals surface area contributed by atoms with Gasteiger partial charge in [-0.25, -0.2) is 0 Å². The van der Waals surface area contributed by atoms with Crippen LogP contribution in [0.25, 0.3) is 0 Å². The van der Waals surface area contributed by atoms with Crippen LogP contribution in [-0.4, -0.2) is 11.8 Å². The van der Waals surface area contributed by atoms with Crippen molar-refractivity contribution in [2.24, 2.45) is 0 Å². The van der Waals surface area contributed by atoms with E-state index in [2.05, 4.69) is 10.6 Å². The van der Waals surface area contributed by atoms with E-state index in [1.54, 1.807) is 6.07 Å². The SMILES string of the molecule is Cc1ccc(NC(=O)c2ccc3c(c2)CCCC(=O)N3)c(C)c1. The predicted molar refractivity (Wildman–Crippen MR) is 91.9 cm³/mol. The standard InChI is InChI=1S/C19H20N2O2/c1-12-6-8-16(13(2)10-12)21-19(23)15-7-9-17-14(11-15)4-3-5-18(22)20-17/h6-11H,3-5H2,1-2H3,(H,20,22)(H,21,23). The van der Waals surface area contributed by atoms with Crippen LogP contribution in [0.5, 0.6) is 0 Å². The molecule has 3 rings (SSSR count). The van der Waals surface area contributed by atoms with Crippen LogP contribution >= 0.6 is 0 Å². The summed E-state index contributed by atoms with van der Waals surface area (Å²) < 4.78 is 0. The van der Waals surface area contributed by atoms with E-state index in [9.17, 15) is 9.59 Å². The van der Waals surface area contributed by atoms with Gasteiger partial charge in [0, 0.05) is 23.4 Å². The van der Waals surface area contributed by atoms with E-state index in [4.69, 9.17) is 0 Å². The minimum atomic E-state index is -0.129. The Balaban J connectivity index is 1.83. The number of nitrogens with one attached hydrogen (secondary N) is 2. The summed E-state index contributed by atoms with van der Waals surface area (Å²) in [6.07, 6.45) is 2.14. The lowest BCUT2D eigenvalue weighted by molar-refractivity contribution is -0.116. The van der Waals surface area contributed by atoms with Crippen molar-refractivity contribution in [3.05, 3.63) is 58.7 Å². The molecule has 0 saturated heterocycles. The molecule has 4 heteroatoms. The number of benzene rings is 2. The largest absolute Gasteiger partial charge is 0.326 e. The fraction of sp³-hybridized carbons (Fsp3) is 0.263. The van der Waals surface area contributed by atoms with Crippen LogP contribution in [0, 0.1) is 13.8 Å². The van der Waals surface area contributed by atoms with Crippen LogP contribution in [0.4, 0.5) is 11.4 Å². The lowest BCUT2D eigenvalue weighted by atomic mass is 10.0. The molecule has 0 radical (unpaired) electrons. The number of hydrogen-bond donors (Lipinski definition) is 2. The maximum Gasteiger partial charge on any atom is 0.255 e. The highest BCUT2D eigenvalue weighted by atomic mass is 16.2. The van der Waals surface area contributed by atoms with Gasteiger partial charge in [-0.15, -0.1) is 0 Å². The maximum atomic E-state index is 12.5. The average Bonchev–Trinajstić information content (AvgIpc) is 2.69. The zero-order chi connectivity index (χ0) is 16.4. The number of anilines is 2. The van der Waals surface area contributed by atoms with Gasteiger partial charge in [0.25, 0.3) is 5.91 Å². The number of carbonyl (C=O) groups is 2. The highest BCUT2D eigenvalue weighted by Gasteiger charge is 2.15. The molecular weight excluding hydrogens is 288 g/mol. The van der Waals surface area contributed by atoms with E-state index in [-0.39, 0.29) is 11.8 Å². The Bertz CT molecular complexity index is 781. The van der Waals surface area contributed by atoms with Crippen molar-refractivity contribution in [3.63, 3.8) is 0 Å². The van der Waals surface area contributed by atoms with Crippen molar-refractivity contribution in [1.82, 2.24) is 0 Å². The van der Waals surface area contributed by atoms with E-state index in [0.29, 0.717) is 12.0 Å². The first-order valence-corrected chi connectivity index (χ1v) is 7.84. The van der Waals surface area contributed by atoms with Gasteiger partial charge in [0.15, 0.2) is 0 Å². The van der Waals surface area contributed by atoms with Crippen molar-refractivity contribution in [1.29, 1.82) is 0 Å². The van der Waals surface area contributed by atoms with Crippen LogP contribution in [-0.2, 0) is 11.2 Å². The molecule has 2 amide bonds. The first-order chi connectivity index (χ1) is 11.0. The molecule has 2 aromatic rings. The molecular formula is C19H20N2O2. The Hall–Kier alpha value is -2.62.